The second-order valence-corrected chi connectivity index (χ2v) is 15.2. The molecule has 6 rings (SSSR count). The van der Waals surface area contributed by atoms with Crippen LogP contribution in [0.25, 0.3) is 33.4 Å². The molecule has 2 heterocycles. The Hall–Kier alpha value is -4.43. The zero-order chi connectivity index (χ0) is 36.5. The zero-order valence-electron chi connectivity index (χ0n) is 31.1. The molecule has 0 aliphatic heterocycles. The van der Waals surface area contributed by atoms with Crippen molar-refractivity contribution in [3.05, 3.63) is 94.0 Å². The minimum Gasteiger partial charge on any atom is -0.505 e. The van der Waals surface area contributed by atoms with E-state index in [0.29, 0.717) is 27.7 Å². The van der Waals surface area contributed by atoms with Crippen LogP contribution in [-0.2, 0) is 11.8 Å². The van der Waals surface area contributed by atoms with Gasteiger partial charge in [0, 0.05) is 10.6 Å². The highest BCUT2D eigenvalue weighted by Crippen LogP contribution is 2.36. The Kier molecular flexibility index (Phi) is 12.7. The molecule has 270 valence electrons. The van der Waals surface area contributed by atoms with Gasteiger partial charge in [-0.3, -0.25) is 0 Å². The fraction of sp³-hybridized carbons (Fsp3) is 0.429. The number of phenolic OH excluding ortho intramolecular Hbond substituents is 2. The van der Waals surface area contributed by atoms with Gasteiger partial charge in [-0.2, -0.15) is 0 Å². The maximum atomic E-state index is 10.8. The monoisotopic (exact) mass is 708 g/mol. The van der Waals surface area contributed by atoms with Crippen LogP contribution in [0.15, 0.2) is 66.7 Å². The number of hydrogen-bond donors (Lipinski definition) is 2. The molecule has 0 aliphatic rings. The molecule has 0 fully saturated rings. The Balaban J connectivity index is 0.000000205. The van der Waals surface area contributed by atoms with Gasteiger partial charge in [0.25, 0.3) is 0 Å². The summed E-state index contributed by atoms with van der Waals surface area (Å²) in [4.78, 5) is 3.04. The van der Waals surface area contributed by atoms with E-state index in [0.717, 1.165) is 51.6 Å². The van der Waals surface area contributed by atoms with Gasteiger partial charge in [-0.25, -0.2) is 0 Å². The Bertz CT molecular complexity index is 2030. The van der Waals surface area contributed by atoms with E-state index >= 15 is 0 Å². The quantitative estimate of drug-likeness (QED) is 0.116. The Morgan fingerprint density at radius 3 is 1.65 bits per heavy atom. The highest BCUT2D eigenvalue weighted by atomic mass is 35.5. The van der Waals surface area contributed by atoms with E-state index < -0.39 is 0 Å². The molecule has 9 heteroatoms. The van der Waals surface area contributed by atoms with E-state index in [1.807, 2.05) is 55.5 Å². The summed E-state index contributed by atoms with van der Waals surface area (Å²) in [5, 5.41) is 40.0. The van der Waals surface area contributed by atoms with Gasteiger partial charge < -0.3 is 10.2 Å². The van der Waals surface area contributed by atoms with E-state index in [9.17, 15) is 10.2 Å². The first kappa shape index (κ1) is 37.8. The molecule has 6 aromatic rings. The van der Waals surface area contributed by atoms with Crippen LogP contribution in [0.1, 0.15) is 114 Å². The Morgan fingerprint density at radius 2 is 1.08 bits per heavy atom. The Labute approximate surface area is 307 Å². The van der Waals surface area contributed by atoms with Gasteiger partial charge in [-0.1, -0.05) is 121 Å². The number of nitrogens with zero attached hydrogens (tertiary/aromatic N) is 6. The largest absolute Gasteiger partial charge is 0.505 e. The number of fused-ring (bicyclic) bond motifs is 2. The highest BCUT2D eigenvalue weighted by Gasteiger charge is 2.22. The molecule has 0 saturated carbocycles. The molecule has 4 aromatic carbocycles. The molecule has 0 unspecified atom stereocenters. The average Bonchev–Trinajstić information content (AvgIpc) is 3.72. The second-order valence-electron chi connectivity index (χ2n) is 14.8. The number of aromatic nitrogens is 6. The number of phenols is 2. The van der Waals surface area contributed by atoms with Crippen molar-refractivity contribution in [2.24, 2.45) is 0 Å². The molecule has 0 amide bonds. The molecule has 51 heavy (non-hydrogen) atoms. The van der Waals surface area contributed by atoms with E-state index in [1.165, 1.54) is 62.6 Å². The lowest BCUT2D eigenvalue weighted by molar-refractivity contribution is 0.440. The maximum absolute atomic E-state index is 10.8. The third-order valence-electron chi connectivity index (χ3n) is 9.21. The van der Waals surface area contributed by atoms with Gasteiger partial charge in [0.15, 0.2) is 0 Å². The smallest absolute Gasteiger partial charge is 0.146 e. The van der Waals surface area contributed by atoms with Crippen LogP contribution in [0.2, 0.25) is 5.02 Å². The van der Waals surface area contributed by atoms with Crippen LogP contribution >= 0.6 is 11.6 Å². The lowest BCUT2D eigenvalue weighted by Crippen LogP contribution is -2.13. The van der Waals surface area contributed by atoms with Crippen molar-refractivity contribution in [2.75, 3.05) is 0 Å². The maximum Gasteiger partial charge on any atom is 0.146 e. The molecule has 0 atom stereocenters. The van der Waals surface area contributed by atoms with Gasteiger partial charge in [0.2, 0.25) is 0 Å². The Morgan fingerprint density at radius 1 is 0.588 bits per heavy atom. The summed E-state index contributed by atoms with van der Waals surface area (Å²) in [5.41, 5.74) is 8.25. The number of aromatic hydroxyl groups is 2. The highest BCUT2D eigenvalue weighted by molar-refractivity contribution is 6.31. The summed E-state index contributed by atoms with van der Waals surface area (Å²) in [5.74, 6) is 0.524. The summed E-state index contributed by atoms with van der Waals surface area (Å²) in [6, 6.07) is 21.1. The van der Waals surface area contributed by atoms with Crippen molar-refractivity contribution in [3.8, 4) is 22.9 Å². The number of unbranched alkanes of at least 4 members (excludes halogenated alkanes) is 9. The number of rotatable bonds is 13. The van der Waals surface area contributed by atoms with E-state index in [1.54, 1.807) is 16.9 Å². The van der Waals surface area contributed by atoms with Gasteiger partial charge in [-0.05, 0) is 91.3 Å². The number of hydrogen-bond acceptors (Lipinski definition) is 6. The van der Waals surface area contributed by atoms with Gasteiger partial charge in [0.1, 0.15) is 44.9 Å². The number of aryl methyl sites for hydroxylation is 3. The third-order valence-corrected chi connectivity index (χ3v) is 9.45. The molecule has 2 N–H and O–H groups in total. The topological polar surface area (TPSA) is 102 Å². The van der Waals surface area contributed by atoms with Crippen molar-refractivity contribution < 1.29 is 10.2 Å². The molecule has 2 aromatic heterocycles. The van der Waals surface area contributed by atoms with Crippen LogP contribution in [0.4, 0.5) is 0 Å². The molecule has 0 saturated heterocycles. The SMILES string of the molecule is CCCCCCCCCCCCc1cc(C)cc(-n2nc3ccccc3n2)c1O.Cc1cc(-n2nc3ccc(Cl)cc3n2)c(O)c(C(C)(C)C)c1. The first-order valence-electron chi connectivity index (χ1n) is 18.5. The van der Waals surface area contributed by atoms with Crippen LogP contribution in [0, 0.1) is 13.8 Å². The number of benzene rings is 4. The van der Waals surface area contributed by atoms with Gasteiger partial charge in [0.05, 0.1) is 0 Å². The summed E-state index contributed by atoms with van der Waals surface area (Å²) in [6.45, 7) is 12.5. The number of halogens is 1. The molecular formula is C42H53ClN6O2. The predicted molar refractivity (Wildman–Crippen MR) is 210 cm³/mol. The van der Waals surface area contributed by atoms with Crippen LogP contribution in [0.5, 0.6) is 11.5 Å². The summed E-state index contributed by atoms with van der Waals surface area (Å²) >= 11 is 5.99. The normalized spacial score (nSPS) is 11.7. The second kappa shape index (κ2) is 17.2. The van der Waals surface area contributed by atoms with Crippen LogP contribution in [-0.4, -0.2) is 40.2 Å². The van der Waals surface area contributed by atoms with Crippen molar-refractivity contribution in [2.45, 2.75) is 118 Å². The van der Waals surface area contributed by atoms with Crippen molar-refractivity contribution in [1.29, 1.82) is 0 Å². The average molecular weight is 709 g/mol. The molecule has 8 nitrogen and oxygen atoms in total. The summed E-state index contributed by atoms with van der Waals surface area (Å²) in [7, 11) is 0. The van der Waals surface area contributed by atoms with Gasteiger partial charge in [-0.15, -0.1) is 30.0 Å². The lowest BCUT2D eigenvalue weighted by Gasteiger charge is -2.22. The van der Waals surface area contributed by atoms with E-state index in [-0.39, 0.29) is 11.2 Å². The van der Waals surface area contributed by atoms with E-state index in [2.05, 4.69) is 61.1 Å². The molecule has 0 spiro atoms. The third kappa shape index (κ3) is 9.88. The molecular weight excluding hydrogens is 656 g/mol. The van der Waals surface area contributed by atoms with E-state index in [4.69, 9.17) is 11.6 Å². The minimum atomic E-state index is -0.166. The first-order chi connectivity index (χ1) is 24.4. The molecule has 0 bridgehead atoms. The standard InChI is InChI=1S/C25H35N3O.C17H18ClN3O/c1-3-4-5-6-7-8-9-10-11-12-15-21-18-20(2)19-24(25(21)29)28-26-22-16-13-14-17-23(22)27-28;1-10-7-12(17(2,3)4)16(22)15(8-10)21-19-13-6-5-11(18)9-14(13)20-21/h13-14,16-19,29H,3-12,15H2,1-2H3;5-9,22H,1-4H3. The fourth-order valence-corrected chi connectivity index (χ4v) is 6.59. The fourth-order valence-electron chi connectivity index (χ4n) is 6.43. The first-order valence-corrected chi connectivity index (χ1v) is 18.8. The molecule has 0 aliphatic carbocycles. The van der Waals surface area contributed by atoms with Crippen LogP contribution in [0.3, 0.4) is 0 Å². The summed E-state index contributed by atoms with van der Waals surface area (Å²) < 4.78 is 0. The van der Waals surface area contributed by atoms with Crippen molar-refractivity contribution in [3.63, 3.8) is 0 Å². The van der Waals surface area contributed by atoms with Gasteiger partial charge >= 0.3 is 0 Å². The predicted octanol–water partition coefficient (Wildman–Crippen LogP) is 11.3. The minimum absolute atomic E-state index is 0.166. The van der Waals surface area contributed by atoms with Crippen molar-refractivity contribution in [1.82, 2.24) is 30.0 Å². The lowest BCUT2D eigenvalue weighted by atomic mass is 9.85. The molecule has 0 radical (unpaired) electrons. The zero-order valence-corrected chi connectivity index (χ0v) is 31.8. The summed E-state index contributed by atoms with van der Waals surface area (Å²) in [6.07, 6.45) is 14.1. The van der Waals surface area contributed by atoms with Crippen molar-refractivity contribution >= 4 is 33.7 Å². The van der Waals surface area contributed by atoms with Crippen LogP contribution < -0.4 is 0 Å².